The summed E-state index contributed by atoms with van der Waals surface area (Å²) in [5.41, 5.74) is 1.70. The summed E-state index contributed by atoms with van der Waals surface area (Å²) >= 11 is 7.83. The fourth-order valence-corrected chi connectivity index (χ4v) is 6.05. The van der Waals surface area contributed by atoms with Crippen molar-refractivity contribution < 1.29 is 17.9 Å². The molecule has 1 N–H and O–H groups in total. The van der Waals surface area contributed by atoms with Crippen molar-refractivity contribution in [2.45, 2.75) is 24.8 Å². The summed E-state index contributed by atoms with van der Waals surface area (Å²) in [6.07, 6.45) is 0.696. The van der Waals surface area contributed by atoms with E-state index in [9.17, 15) is 13.2 Å². The van der Waals surface area contributed by atoms with E-state index in [1.807, 2.05) is 18.4 Å². The zero-order valence-electron chi connectivity index (χ0n) is 16.8. The highest BCUT2D eigenvalue weighted by Crippen LogP contribution is 2.33. The van der Waals surface area contributed by atoms with E-state index in [-0.39, 0.29) is 10.5 Å². The number of anilines is 1. The molecular formula is C22H21ClN2O4S2. The molecule has 0 bridgehead atoms. The third-order valence-electron chi connectivity index (χ3n) is 5.01. The van der Waals surface area contributed by atoms with Gasteiger partial charge in [-0.15, -0.1) is 11.3 Å². The maximum Gasteiger partial charge on any atom is 0.255 e. The van der Waals surface area contributed by atoms with E-state index in [0.717, 1.165) is 5.56 Å². The van der Waals surface area contributed by atoms with Gasteiger partial charge in [0.05, 0.1) is 22.2 Å². The summed E-state index contributed by atoms with van der Waals surface area (Å²) in [7, 11) is -3.72. The second-order valence-electron chi connectivity index (χ2n) is 6.99. The highest BCUT2D eigenvalue weighted by Gasteiger charge is 2.29. The van der Waals surface area contributed by atoms with Gasteiger partial charge in [0.15, 0.2) is 5.75 Å². The summed E-state index contributed by atoms with van der Waals surface area (Å²) in [6, 6.07) is 13.1. The van der Waals surface area contributed by atoms with Crippen LogP contribution in [-0.2, 0) is 23.0 Å². The number of para-hydroxylation sites is 1. The molecule has 0 saturated carbocycles. The Morgan fingerprint density at radius 3 is 2.84 bits per heavy atom. The van der Waals surface area contributed by atoms with Crippen molar-refractivity contribution >= 4 is 44.6 Å². The normalized spacial score (nSPS) is 14.1. The smallest absolute Gasteiger partial charge is 0.255 e. The summed E-state index contributed by atoms with van der Waals surface area (Å²) < 4.78 is 33.4. The van der Waals surface area contributed by atoms with Crippen LogP contribution >= 0.6 is 22.9 Å². The second-order valence-corrected chi connectivity index (χ2v) is 10.3. The number of nitrogens with one attached hydrogen (secondary N) is 1. The van der Waals surface area contributed by atoms with E-state index < -0.39 is 15.9 Å². The molecule has 9 heteroatoms. The Hall–Kier alpha value is -2.39. The minimum atomic E-state index is -3.72. The number of amides is 1. The number of thiophene rings is 1. The van der Waals surface area contributed by atoms with Crippen LogP contribution in [0.15, 0.2) is 58.8 Å². The molecule has 2 heterocycles. The Labute approximate surface area is 190 Å². The molecule has 0 atom stereocenters. The molecule has 162 valence electrons. The lowest BCUT2D eigenvalue weighted by Crippen LogP contribution is -2.35. The zero-order valence-corrected chi connectivity index (χ0v) is 19.2. The molecule has 4 rings (SSSR count). The number of carbonyl (C=O) groups is 1. The van der Waals surface area contributed by atoms with Gasteiger partial charge in [-0.25, -0.2) is 8.42 Å². The van der Waals surface area contributed by atoms with E-state index in [1.54, 1.807) is 41.7 Å². The quantitative estimate of drug-likeness (QED) is 0.554. The van der Waals surface area contributed by atoms with Gasteiger partial charge in [0, 0.05) is 23.5 Å². The summed E-state index contributed by atoms with van der Waals surface area (Å²) in [5.74, 6) is -0.0669. The minimum absolute atomic E-state index is 0.0926. The summed E-state index contributed by atoms with van der Waals surface area (Å²) in [4.78, 5) is 14.2. The second kappa shape index (κ2) is 9.00. The SMILES string of the molecule is CCOc1c(Cl)cccc1NC(=O)c1cccc(S(=O)(=O)N2CCc3sccc3C2)c1. The topological polar surface area (TPSA) is 75.7 Å². The van der Waals surface area contributed by atoms with Crippen LogP contribution in [0.25, 0.3) is 0 Å². The predicted octanol–water partition coefficient (Wildman–Crippen LogP) is 4.80. The van der Waals surface area contributed by atoms with Crippen molar-refractivity contribution in [1.29, 1.82) is 0 Å². The number of hydrogen-bond acceptors (Lipinski definition) is 5. The zero-order chi connectivity index (χ0) is 22.0. The number of rotatable bonds is 6. The lowest BCUT2D eigenvalue weighted by molar-refractivity contribution is 0.102. The molecule has 0 unspecified atom stereocenters. The number of sulfonamides is 1. The lowest BCUT2D eigenvalue weighted by Gasteiger charge is -2.26. The van der Waals surface area contributed by atoms with E-state index in [4.69, 9.17) is 16.3 Å². The van der Waals surface area contributed by atoms with Crippen LogP contribution in [0.4, 0.5) is 5.69 Å². The van der Waals surface area contributed by atoms with Crippen LogP contribution in [0, 0.1) is 0 Å². The van der Waals surface area contributed by atoms with Crippen molar-refractivity contribution in [2.24, 2.45) is 0 Å². The van der Waals surface area contributed by atoms with Gasteiger partial charge >= 0.3 is 0 Å². The molecule has 0 fully saturated rings. The first kappa shape index (κ1) is 21.8. The Balaban J connectivity index is 1.57. The van der Waals surface area contributed by atoms with Crippen LogP contribution in [0.1, 0.15) is 27.7 Å². The molecule has 1 aromatic heterocycles. The van der Waals surface area contributed by atoms with Gasteiger partial charge in [-0.1, -0.05) is 23.7 Å². The first-order chi connectivity index (χ1) is 14.9. The first-order valence-electron chi connectivity index (χ1n) is 9.78. The lowest BCUT2D eigenvalue weighted by atomic mass is 10.1. The molecule has 0 aliphatic carbocycles. The molecule has 3 aromatic rings. The van der Waals surface area contributed by atoms with Gasteiger partial charge in [0.1, 0.15) is 0 Å². The van der Waals surface area contributed by atoms with Gasteiger partial charge in [0.2, 0.25) is 10.0 Å². The van der Waals surface area contributed by atoms with Crippen molar-refractivity contribution in [1.82, 2.24) is 4.31 Å². The molecule has 1 aliphatic heterocycles. The van der Waals surface area contributed by atoms with E-state index >= 15 is 0 Å². The summed E-state index contributed by atoms with van der Waals surface area (Å²) in [6.45, 7) is 2.98. The number of hydrogen-bond donors (Lipinski definition) is 1. The number of fused-ring (bicyclic) bond motifs is 1. The van der Waals surface area contributed by atoms with Gasteiger partial charge in [-0.2, -0.15) is 4.31 Å². The number of nitrogens with zero attached hydrogens (tertiary/aromatic N) is 1. The third kappa shape index (κ3) is 4.48. The molecule has 0 saturated heterocycles. The van der Waals surface area contributed by atoms with Gasteiger partial charge in [-0.05, 0) is 60.7 Å². The fourth-order valence-electron chi connectivity index (χ4n) is 3.47. The first-order valence-corrected chi connectivity index (χ1v) is 12.5. The molecule has 31 heavy (non-hydrogen) atoms. The van der Waals surface area contributed by atoms with Gasteiger partial charge in [0.25, 0.3) is 5.91 Å². The number of halogens is 1. The maximum atomic E-state index is 13.2. The fraction of sp³-hybridized carbons (Fsp3) is 0.227. The van der Waals surface area contributed by atoms with Crippen molar-refractivity contribution in [3.8, 4) is 5.75 Å². The van der Waals surface area contributed by atoms with Crippen LogP contribution in [-0.4, -0.2) is 31.8 Å². The van der Waals surface area contributed by atoms with Crippen molar-refractivity contribution in [3.05, 3.63) is 74.9 Å². The Morgan fingerprint density at radius 1 is 1.23 bits per heavy atom. The standard InChI is InChI=1S/C22H21ClN2O4S2/c1-2-29-21-18(23)7-4-8-19(21)24-22(26)15-5-3-6-17(13-15)31(27,28)25-11-9-20-16(14-25)10-12-30-20/h3-8,10,12-13H,2,9,11,14H2,1H3,(H,24,26). The minimum Gasteiger partial charge on any atom is -0.490 e. The molecule has 1 aliphatic rings. The highest BCUT2D eigenvalue weighted by atomic mass is 35.5. The number of benzene rings is 2. The monoisotopic (exact) mass is 476 g/mol. The molecule has 1 amide bonds. The Morgan fingerprint density at radius 2 is 2.03 bits per heavy atom. The van der Waals surface area contributed by atoms with Crippen LogP contribution < -0.4 is 10.1 Å². The average molecular weight is 477 g/mol. The van der Waals surface area contributed by atoms with Crippen molar-refractivity contribution in [3.63, 3.8) is 0 Å². The Bertz CT molecular complexity index is 1220. The van der Waals surface area contributed by atoms with Gasteiger partial charge < -0.3 is 10.1 Å². The third-order valence-corrected chi connectivity index (χ3v) is 8.17. The molecule has 0 radical (unpaired) electrons. The van der Waals surface area contributed by atoms with E-state index in [1.165, 1.54) is 21.3 Å². The average Bonchev–Trinajstić information content (AvgIpc) is 3.24. The maximum absolute atomic E-state index is 13.2. The van der Waals surface area contributed by atoms with Crippen molar-refractivity contribution in [2.75, 3.05) is 18.5 Å². The van der Waals surface area contributed by atoms with Gasteiger partial charge in [-0.3, -0.25) is 4.79 Å². The number of carbonyl (C=O) groups excluding carboxylic acids is 1. The van der Waals surface area contributed by atoms with Crippen LogP contribution in [0.2, 0.25) is 5.02 Å². The van der Waals surface area contributed by atoms with Crippen LogP contribution in [0.3, 0.4) is 0 Å². The van der Waals surface area contributed by atoms with E-state index in [0.29, 0.717) is 42.6 Å². The van der Waals surface area contributed by atoms with Crippen LogP contribution in [0.5, 0.6) is 5.75 Å². The summed E-state index contributed by atoms with van der Waals surface area (Å²) in [5, 5.41) is 5.13. The molecule has 0 spiro atoms. The molecular weight excluding hydrogens is 456 g/mol. The highest BCUT2D eigenvalue weighted by molar-refractivity contribution is 7.89. The molecule has 2 aromatic carbocycles. The Kier molecular flexibility index (Phi) is 6.34. The number of ether oxygens (including phenoxy) is 1. The largest absolute Gasteiger partial charge is 0.490 e. The molecule has 6 nitrogen and oxygen atoms in total. The van der Waals surface area contributed by atoms with E-state index in [2.05, 4.69) is 5.32 Å². The predicted molar refractivity (Wildman–Crippen MR) is 123 cm³/mol.